The van der Waals surface area contributed by atoms with Crippen LogP contribution in [0.5, 0.6) is 5.75 Å². The second-order valence-electron chi connectivity index (χ2n) is 5.59. The van der Waals surface area contributed by atoms with Gasteiger partial charge in [-0.1, -0.05) is 23.2 Å². The Morgan fingerprint density at radius 3 is 2.78 bits per heavy atom. The maximum atomic E-state index is 12.0. The number of nitrogens with one attached hydrogen (secondary N) is 1. The van der Waals surface area contributed by atoms with E-state index in [0.717, 1.165) is 13.0 Å². The zero-order chi connectivity index (χ0) is 16.1. The van der Waals surface area contributed by atoms with Crippen molar-refractivity contribution in [3.05, 3.63) is 28.2 Å². The SMILES string of the molecule is CN(C)CCNC(=O)N1CCC(Oc2ccc(Cl)c(Cl)c2)C1.Cl. The van der Waals surface area contributed by atoms with Crippen LogP contribution in [0.25, 0.3) is 0 Å². The van der Waals surface area contributed by atoms with Gasteiger partial charge in [0.15, 0.2) is 0 Å². The van der Waals surface area contributed by atoms with E-state index in [-0.39, 0.29) is 24.5 Å². The number of likely N-dealkylation sites (tertiary alicyclic amines) is 1. The van der Waals surface area contributed by atoms with Crippen LogP contribution in [-0.4, -0.2) is 62.2 Å². The average Bonchev–Trinajstić information content (AvgIpc) is 2.91. The summed E-state index contributed by atoms with van der Waals surface area (Å²) in [5, 5.41) is 3.88. The standard InChI is InChI=1S/C15H21Cl2N3O2.ClH/c1-19(2)8-6-18-15(21)20-7-5-12(10-20)22-11-3-4-13(16)14(17)9-11;/h3-4,9,12H,5-8,10H2,1-2H3,(H,18,21);1H. The van der Waals surface area contributed by atoms with E-state index in [2.05, 4.69) is 5.32 Å². The number of nitrogens with zero attached hydrogens (tertiary/aromatic N) is 2. The second-order valence-corrected chi connectivity index (χ2v) is 6.40. The Balaban J connectivity index is 0.00000264. The molecule has 0 bridgehead atoms. The van der Waals surface area contributed by atoms with Crippen LogP contribution in [0, 0.1) is 0 Å². The highest BCUT2D eigenvalue weighted by atomic mass is 35.5. The summed E-state index contributed by atoms with van der Waals surface area (Å²) < 4.78 is 5.86. The molecule has 1 fully saturated rings. The Morgan fingerprint density at radius 1 is 1.39 bits per heavy atom. The Labute approximate surface area is 153 Å². The van der Waals surface area contributed by atoms with Gasteiger partial charge in [-0.25, -0.2) is 4.79 Å². The van der Waals surface area contributed by atoms with Gasteiger partial charge in [0.05, 0.1) is 16.6 Å². The maximum Gasteiger partial charge on any atom is 0.317 e. The fourth-order valence-corrected chi connectivity index (χ4v) is 2.54. The zero-order valence-corrected chi connectivity index (χ0v) is 15.5. The van der Waals surface area contributed by atoms with E-state index in [9.17, 15) is 4.79 Å². The molecule has 23 heavy (non-hydrogen) atoms. The molecule has 0 aromatic heterocycles. The van der Waals surface area contributed by atoms with Crippen molar-refractivity contribution in [2.45, 2.75) is 12.5 Å². The van der Waals surface area contributed by atoms with E-state index in [4.69, 9.17) is 27.9 Å². The lowest BCUT2D eigenvalue weighted by molar-refractivity contribution is 0.186. The third kappa shape index (κ3) is 6.26. The smallest absolute Gasteiger partial charge is 0.317 e. The number of hydrogen-bond donors (Lipinski definition) is 1. The number of urea groups is 1. The summed E-state index contributed by atoms with van der Waals surface area (Å²) in [7, 11) is 3.95. The number of carbonyl (C=O) groups is 1. The van der Waals surface area contributed by atoms with Crippen LogP contribution < -0.4 is 10.1 Å². The first-order valence-electron chi connectivity index (χ1n) is 7.25. The van der Waals surface area contributed by atoms with E-state index in [1.54, 1.807) is 23.1 Å². The molecule has 1 aliphatic rings. The number of benzene rings is 1. The van der Waals surface area contributed by atoms with E-state index < -0.39 is 0 Å². The summed E-state index contributed by atoms with van der Waals surface area (Å²) in [5.41, 5.74) is 0. The molecule has 1 atom stereocenters. The Hall–Kier alpha value is -0.880. The normalized spacial score (nSPS) is 17.1. The van der Waals surface area contributed by atoms with Crippen molar-refractivity contribution in [3.8, 4) is 5.75 Å². The monoisotopic (exact) mass is 381 g/mol. The largest absolute Gasteiger partial charge is 0.488 e. The minimum Gasteiger partial charge on any atom is -0.488 e. The van der Waals surface area contributed by atoms with Crippen molar-refractivity contribution >= 4 is 41.6 Å². The fourth-order valence-electron chi connectivity index (χ4n) is 2.25. The summed E-state index contributed by atoms with van der Waals surface area (Å²) in [6, 6.07) is 5.15. The highest BCUT2D eigenvalue weighted by Crippen LogP contribution is 2.28. The molecule has 1 unspecified atom stereocenters. The summed E-state index contributed by atoms with van der Waals surface area (Å²) >= 11 is 11.9. The summed E-state index contributed by atoms with van der Waals surface area (Å²) in [6.45, 7) is 2.73. The van der Waals surface area contributed by atoms with E-state index in [0.29, 0.717) is 35.4 Å². The molecule has 1 aromatic carbocycles. The minimum atomic E-state index is -0.0397. The van der Waals surface area contributed by atoms with E-state index in [1.807, 2.05) is 19.0 Å². The van der Waals surface area contributed by atoms with Crippen LogP contribution in [0.15, 0.2) is 18.2 Å². The van der Waals surface area contributed by atoms with Crippen molar-refractivity contribution in [2.24, 2.45) is 0 Å². The van der Waals surface area contributed by atoms with Crippen LogP contribution in [0.4, 0.5) is 4.79 Å². The van der Waals surface area contributed by atoms with Crippen molar-refractivity contribution in [2.75, 3.05) is 40.3 Å². The van der Waals surface area contributed by atoms with Crippen LogP contribution in [0.3, 0.4) is 0 Å². The number of carbonyl (C=O) groups excluding carboxylic acids is 1. The highest BCUT2D eigenvalue weighted by molar-refractivity contribution is 6.42. The zero-order valence-electron chi connectivity index (χ0n) is 13.2. The lowest BCUT2D eigenvalue weighted by Crippen LogP contribution is -2.41. The second kappa shape index (κ2) is 9.42. The molecule has 1 saturated heterocycles. The van der Waals surface area contributed by atoms with Gasteiger partial charge in [-0.3, -0.25) is 0 Å². The lowest BCUT2D eigenvalue weighted by Gasteiger charge is -2.19. The quantitative estimate of drug-likeness (QED) is 0.851. The molecule has 5 nitrogen and oxygen atoms in total. The van der Waals surface area contributed by atoms with Crippen LogP contribution in [0.2, 0.25) is 10.0 Å². The Bertz CT molecular complexity index is 529. The number of likely N-dealkylation sites (N-methyl/N-ethyl adjacent to an activating group) is 1. The van der Waals surface area contributed by atoms with Gasteiger partial charge in [0.1, 0.15) is 11.9 Å². The predicted molar refractivity (Wildman–Crippen MR) is 96.3 cm³/mol. The third-order valence-electron chi connectivity index (χ3n) is 3.46. The molecule has 1 aliphatic heterocycles. The van der Waals surface area contributed by atoms with Gasteiger partial charge in [0, 0.05) is 32.1 Å². The van der Waals surface area contributed by atoms with Crippen molar-refractivity contribution in [3.63, 3.8) is 0 Å². The Morgan fingerprint density at radius 2 is 2.13 bits per heavy atom. The van der Waals surface area contributed by atoms with Gasteiger partial charge in [-0.05, 0) is 26.2 Å². The van der Waals surface area contributed by atoms with Crippen molar-refractivity contribution < 1.29 is 9.53 Å². The summed E-state index contributed by atoms with van der Waals surface area (Å²) in [5.74, 6) is 0.675. The van der Waals surface area contributed by atoms with Crippen molar-refractivity contribution in [1.29, 1.82) is 0 Å². The van der Waals surface area contributed by atoms with Crippen molar-refractivity contribution in [1.82, 2.24) is 15.1 Å². The molecule has 0 saturated carbocycles. The molecule has 0 aliphatic carbocycles. The molecule has 8 heteroatoms. The van der Waals surface area contributed by atoms with Gasteiger partial charge in [0.25, 0.3) is 0 Å². The molecule has 1 N–H and O–H groups in total. The summed E-state index contributed by atoms with van der Waals surface area (Å²) in [4.78, 5) is 15.8. The van der Waals surface area contributed by atoms with Gasteiger partial charge >= 0.3 is 6.03 Å². The average molecular weight is 383 g/mol. The Kier molecular flexibility index (Phi) is 8.26. The first kappa shape index (κ1) is 20.2. The first-order valence-corrected chi connectivity index (χ1v) is 8.00. The van der Waals surface area contributed by atoms with Crippen LogP contribution in [0.1, 0.15) is 6.42 Å². The van der Waals surface area contributed by atoms with Gasteiger partial charge < -0.3 is 19.9 Å². The molecule has 1 aromatic rings. The first-order chi connectivity index (χ1) is 10.5. The molecular weight excluding hydrogens is 361 g/mol. The van der Waals surface area contributed by atoms with Gasteiger partial charge in [-0.15, -0.1) is 12.4 Å². The number of halogens is 3. The van der Waals surface area contributed by atoms with Crippen LogP contribution >= 0.6 is 35.6 Å². The third-order valence-corrected chi connectivity index (χ3v) is 4.20. The minimum absolute atomic E-state index is 0. The predicted octanol–water partition coefficient (Wildman–Crippen LogP) is 3.14. The maximum absolute atomic E-state index is 12.0. The molecular formula is C15H22Cl3N3O2. The van der Waals surface area contributed by atoms with E-state index >= 15 is 0 Å². The van der Waals surface area contributed by atoms with E-state index in [1.165, 1.54) is 0 Å². The number of hydrogen-bond acceptors (Lipinski definition) is 3. The molecule has 1 heterocycles. The summed E-state index contributed by atoms with van der Waals surface area (Å²) in [6.07, 6.45) is 0.790. The topological polar surface area (TPSA) is 44.8 Å². The molecule has 2 amide bonds. The lowest BCUT2D eigenvalue weighted by atomic mass is 10.3. The van der Waals surface area contributed by atoms with Crippen LogP contribution in [-0.2, 0) is 0 Å². The van der Waals surface area contributed by atoms with Gasteiger partial charge in [-0.2, -0.15) is 0 Å². The van der Waals surface area contributed by atoms with Gasteiger partial charge in [0.2, 0.25) is 0 Å². The molecule has 0 radical (unpaired) electrons. The highest BCUT2D eigenvalue weighted by Gasteiger charge is 2.27. The number of amides is 2. The molecule has 2 rings (SSSR count). The fraction of sp³-hybridized carbons (Fsp3) is 0.533. The molecule has 0 spiro atoms. The number of rotatable bonds is 5. The molecule has 130 valence electrons. The number of ether oxygens (including phenoxy) is 1.